The fourth-order valence-corrected chi connectivity index (χ4v) is 1.82. The van der Waals surface area contributed by atoms with Gasteiger partial charge in [0.15, 0.2) is 0 Å². The van der Waals surface area contributed by atoms with E-state index in [0.717, 1.165) is 32.5 Å². The maximum Gasteiger partial charge on any atom is 0.0645 e. The first-order valence-electron chi connectivity index (χ1n) is 6.18. The molecule has 2 N–H and O–H groups in total. The summed E-state index contributed by atoms with van der Waals surface area (Å²) in [4.78, 5) is 0. The third kappa shape index (κ3) is 4.49. The monoisotopic (exact) mass is 215 g/mol. The molecule has 1 rings (SSSR count). The third-order valence-electron chi connectivity index (χ3n) is 3.41. The van der Waals surface area contributed by atoms with Crippen LogP contribution in [0.4, 0.5) is 0 Å². The van der Waals surface area contributed by atoms with Gasteiger partial charge in [0.05, 0.1) is 12.7 Å². The smallest absolute Gasteiger partial charge is 0.0645 e. The van der Waals surface area contributed by atoms with Gasteiger partial charge in [0, 0.05) is 18.8 Å². The number of ether oxygens (including phenoxy) is 2. The molecule has 0 aromatic rings. The van der Waals surface area contributed by atoms with Crippen molar-refractivity contribution in [2.45, 2.75) is 57.6 Å². The van der Waals surface area contributed by atoms with Crippen molar-refractivity contribution >= 4 is 0 Å². The van der Waals surface area contributed by atoms with E-state index in [1.165, 1.54) is 12.8 Å². The Kier molecular flexibility index (Phi) is 5.58. The molecule has 0 radical (unpaired) electrons. The van der Waals surface area contributed by atoms with Crippen molar-refractivity contribution in [2.24, 2.45) is 5.73 Å². The van der Waals surface area contributed by atoms with Crippen molar-refractivity contribution < 1.29 is 9.47 Å². The van der Waals surface area contributed by atoms with Gasteiger partial charge in [-0.2, -0.15) is 0 Å². The van der Waals surface area contributed by atoms with Crippen LogP contribution < -0.4 is 5.73 Å². The average molecular weight is 215 g/mol. The summed E-state index contributed by atoms with van der Waals surface area (Å²) in [6.45, 7) is 6.62. The van der Waals surface area contributed by atoms with E-state index in [2.05, 4.69) is 13.8 Å². The summed E-state index contributed by atoms with van der Waals surface area (Å²) in [6.07, 6.45) is 5.80. The highest BCUT2D eigenvalue weighted by Gasteiger charge is 2.21. The Morgan fingerprint density at radius 1 is 1.40 bits per heavy atom. The van der Waals surface area contributed by atoms with Gasteiger partial charge >= 0.3 is 0 Å². The Morgan fingerprint density at radius 3 is 2.67 bits per heavy atom. The van der Waals surface area contributed by atoms with E-state index >= 15 is 0 Å². The van der Waals surface area contributed by atoms with Crippen LogP contribution in [-0.4, -0.2) is 31.5 Å². The summed E-state index contributed by atoms with van der Waals surface area (Å²) in [5.41, 5.74) is 6.01. The van der Waals surface area contributed by atoms with Crippen molar-refractivity contribution in [2.75, 3.05) is 19.8 Å². The van der Waals surface area contributed by atoms with Gasteiger partial charge in [0.1, 0.15) is 0 Å². The highest BCUT2D eigenvalue weighted by atomic mass is 16.5. The molecule has 0 aromatic carbocycles. The largest absolute Gasteiger partial charge is 0.379 e. The fourth-order valence-electron chi connectivity index (χ4n) is 1.82. The first kappa shape index (κ1) is 12.9. The van der Waals surface area contributed by atoms with Gasteiger partial charge in [-0.15, -0.1) is 0 Å². The molecule has 0 amide bonds. The van der Waals surface area contributed by atoms with E-state index in [1.54, 1.807) is 0 Å². The Bertz CT molecular complexity index is 163. The molecule has 1 saturated heterocycles. The average Bonchev–Trinajstić information content (AvgIpc) is 2.77. The van der Waals surface area contributed by atoms with Crippen molar-refractivity contribution in [3.8, 4) is 0 Å². The predicted octanol–water partition coefficient (Wildman–Crippen LogP) is 2.09. The van der Waals surface area contributed by atoms with Crippen LogP contribution in [0, 0.1) is 0 Å². The van der Waals surface area contributed by atoms with Crippen LogP contribution in [0.1, 0.15) is 46.0 Å². The van der Waals surface area contributed by atoms with E-state index in [4.69, 9.17) is 15.2 Å². The minimum absolute atomic E-state index is 0.128. The molecule has 3 nitrogen and oxygen atoms in total. The molecule has 90 valence electrons. The Labute approximate surface area is 93.3 Å². The van der Waals surface area contributed by atoms with Gasteiger partial charge in [0.2, 0.25) is 0 Å². The van der Waals surface area contributed by atoms with Crippen LogP contribution >= 0.6 is 0 Å². The summed E-state index contributed by atoms with van der Waals surface area (Å²) in [5.74, 6) is 0. The maximum atomic E-state index is 6.13. The Balaban J connectivity index is 2.04. The fraction of sp³-hybridized carbons (Fsp3) is 1.00. The SMILES string of the molecule is CCC(N)(CC)COCCC1CCCO1. The van der Waals surface area contributed by atoms with Crippen molar-refractivity contribution in [1.29, 1.82) is 0 Å². The summed E-state index contributed by atoms with van der Waals surface area (Å²) in [5, 5.41) is 0. The Morgan fingerprint density at radius 2 is 2.13 bits per heavy atom. The number of hydrogen-bond donors (Lipinski definition) is 1. The van der Waals surface area contributed by atoms with Crippen LogP contribution in [0.25, 0.3) is 0 Å². The van der Waals surface area contributed by atoms with Gasteiger partial charge < -0.3 is 15.2 Å². The van der Waals surface area contributed by atoms with Crippen LogP contribution in [0.5, 0.6) is 0 Å². The number of rotatable bonds is 7. The van der Waals surface area contributed by atoms with E-state index in [9.17, 15) is 0 Å². The van der Waals surface area contributed by atoms with E-state index in [1.807, 2.05) is 0 Å². The highest BCUT2D eigenvalue weighted by molar-refractivity contribution is 4.80. The Hall–Kier alpha value is -0.120. The molecule has 0 spiro atoms. The molecular formula is C12H25NO2. The lowest BCUT2D eigenvalue weighted by Gasteiger charge is -2.26. The van der Waals surface area contributed by atoms with Crippen LogP contribution in [0.15, 0.2) is 0 Å². The first-order valence-corrected chi connectivity index (χ1v) is 6.18. The number of hydrogen-bond acceptors (Lipinski definition) is 3. The molecule has 1 aliphatic rings. The molecule has 1 fully saturated rings. The number of nitrogens with two attached hydrogens (primary N) is 1. The molecule has 3 heteroatoms. The normalized spacial score (nSPS) is 22.2. The van der Waals surface area contributed by atoms with Crippen LogP contribution in [0.2, 0.25) is 0 Å². The summed E-state index contributed by atoms with van der Waals surface area (Å²) >= 11 is 0. The zero-order valence-corrected chi connectivity index (χ0v) is 10.1. The zero-order valence-electron chi connectivity index (χ0n) is 10.1. The van der Waals surface area contributed by atoms with Gasteiger partial charge in [-0.1, -0.05) is 13.8 Å². The molecular weight excluding hydrogens is 190 g/mol. The first-order chi connectivity index (χ1) is 7.20. The lowest BCUT2D eigenvalue weighted by Crippen LogP contribution is -2.43. The molecule has 1 aliphatic heterocycles. The highest BCUT2D eigenvalue weighted by Crippen LogP contribution is 2.16. The second kappa shape index (κ2) is 6.46. The predicted molar refractivity (Wildman–Crippen MR) is 61.9 cm³/mol. The lowest BCUT2D eigenvalue weighted by molar-refractivity contribution is 0.0390. The van der Waals surface area contributed by atoms with E-state index in [-0.39, 0.29) is 5.54 Å². The van der Waals surface area contributed by atoms with Gasteiger partial charge in [0.25, 0.3) is 0 Å². The minimum Gasteiger partial charge on any atom is -0.379 e. The van der Waals surface area contributed by atoms with E-state index in [0.29, 0.717) is 12.7 Å². The second-order valence-corrected chi connectivity index (χ2v) is 4.55. The lowest BCUT2D eigenvalue weighted by atomic mass is 9.96. The summed E-state index contributed by atoms with van der Waals surface area (Å²) in [7, 11) is 0. The quantitative estimate of drug-likeness (QED) is 0.661. The minimum atomic E-state index is -0.128. The van der Waals surface area contributed by atoms with Crippen molar-refractivity contribution in [1.82, 2.24) is 0 Å². The van der Waals surface area contributed by atoms with E-state index < -0.39 is 0 Å². The molecule has 0 aliphatic carbocycles. The van der Waals surface area contributed by atoms with Crippen LogP contribution in [0.3, 0.4) is 0 Å². The second-order valence-electron chi connectivity index (χ2n) is 4.55. The molecule has 1 unspecified atom stereocenters. The molecule has 0 bridgehead atoms. The zero-order chi connectivity index (χ0) is 11.1. The molecule has 15 heavy (non-hydrogen) atoms. The molecule has 0 saturated carbocycles. The molecule has 1 atom stereocenters. The van der Waals surface area contributed by atoms with Crippen molar-refractivity contribution in [3.63, 3.8) is 0 Å². The standard InChI is InChI=1S/C12H25NO2/c1-3-12(13,4-2)10-14-9-7-11-6-5-8-15-11/h11H,3-10,13H2,1-2H3. The summed E-state index contributed by atoms with van der Waals surface area (Å²) < 4.78 is 11.2. The molecule has 1 heterocycles. The topological polar surface area (TPSA) is 44.5 Å². The van der Waals surface area contributed by atoms with Gasteiger partial charge in [-0.05, 0) is 32.1 Å². The van der Waals surface area contributed by atoms with Gasteiger partial charge in [-0.25, -0.2) is 0 Å². The molecule has 0 aromatic heterocycles. The van der Waals surface area contributed by atoms with Crippen molar-refractivity contribution in [3.05, 3.63) is 0 Å². The third-order valence-corrected chi connectivity index (χ3v) is 3.41. The van der Waals surface area contributed by atoms with Gasteiger partial charge in [-0.3, -0.25) is 0 Å². The summed E-state index contributed by atoms with van der Waals surface area (Å²) in [6, 6.07) is 0. The van der Waals surface area contributed by atoms with Crippen LogP contribution in [-0.2, 0) is 9.47 Å². The maximum absolute atomic E-state index is 6.13.